The van der Waals surface area contributed by atoms with E-state index in [1.54, 1.807) is 14.0 Å². The molecule has 0 bridgehead atoms. The lowest BCUT2D eigenvalue weighted by atomic mass is 10.2. The number of amides is 1. The highest BCUT2D eigenvalue weighted by molar-refractivity contribution is 5.92. The first-order valence-corrected chi connectivity index (χ1v) is 6.59. The Bertz CT molecular complexity index is 578. The van der Waals surface area contributed by atoms with Crippen molar-refractivity contribution in [2.45, 2.75) is 13.5 Å². The summed E-state index contributed by atoms with van der Waals surface area (Å²) >= 11 is 0. The van der Waals surface area contributed by atoms with E-state index in [1.807, 2.05) is 24.3 Å². The van der Waals surface area contributed by atoms with Gasteiger partial charge >= 0.3 is 0 Å². The van der Waals surface area contributed by atoms with Gasteiger partial charge in [0.1, 0.15) is 18.1 Å². The first-order valence-electron chi connectivity index (χ1n) is 6.59. The summed E-state index contributed by atoms with van der Waals surface area (Å²) in [5, 5.41) is 2.79. The molecule has 1 N–H and O–H groups in total. The number of methoxy groups -OCH3 is 1. The molecule has 2 aromatic rings. The Hall–Kier alpha value is -2.34. The normalized spacial score (nSPS) is 10.4. The number of oxazole rings is 1. The maximum absolute atomic E-state index is 11.9. The van der Waals surface area contributed by atoms with Crippen molar-refractivity contribution in [3.8, 4) is 5.75 Å². The van der Waals surface area contributed by atoms with E-state index in [2.05, 4.69) is 10.3 Å². The molecule has 0 fully saturated rings. The number of nitrogens with zero attached hydrogens (tertiary/aromatic N) is 1. The smallest absolute Gasteiger partial charge is 0.273 e. The number of carbonyl (C=O) groups is 1. The highest BCUT2D eigenvalue weighted by Crippen LogP contribution is 2.12. The van der Waals surface area contributed by atoms with Gasteiger partial charge in [-0.2, -0.15) is 0 Å². The molecule has 1 heterocycles. The van der Waals surface area contributed by atoms with E-state index >= 15 is 0 Å². The summed E-state index contributed by atoms with van der Waals surface area (Å²) < 4.78 is 15.4. The molecule has 0 unspecified atom stereocenters. The largest absolute Gasteiger partial charge is 0.491 e. The number of nitrogens with one attached hydrogen (secondary N) is 1. The van der Waals surface area contributed by atoms with Gasteiger partial charge in [-0.05, 0) is 24.6 Å². The maximum Gasteiger partial charge on any atom is 0.273 e. The van der Waals surface area contributed by atoms with Gasteiger partial charge in [0.05, 0.1) is 6.61 Å². The predicted octanol–water partition coefficient (Wildman–Crippen LogP) is 1.94. The third-order valence-electron chi connectivity index (χ3n) is 2.89. The lowest BCUT2D eigenvalue weighted by Crippen LogP contribution is -2.23. The second-order valence-electron chi connectivity index (χ2n) is 4.43. The van der Waals surface area contributed by atoms with E-state index in [0.717, 1.165) is 11.3 Å². The summed E-state index contributed by atoms with van der Waals surface area (Å²) in [4.78, 5) is 15.7. The maximum atomic E-state index is 11.9. The van der Waals surface area contributed by atoms with Crippen LogP contribution in [0.1, 0.15) is 21.8 Å². The van der Waals surface area contributed by atoms with Gasteiger partial charge in [0.15, 0.2) is 12.1 Å². The minimum atomic E-state index is -0.248. The summed E-state index contributed by atoms with van der Waals surface area (Å²) in [5.41, 5.74) is 1.29. The van der Waals surface area contributed by atoms with Crippen molar-refractivity contribution in [3.05, 3.63) is 47.7 Å². The Morgan fingerprint density at radius 1 is 1.29 bits per heavy atom. The number of hydrogen-bond donors (Lipinski definition) is 1. The highest BCUT2D eigenvalue weighted by atomic mass is 16.5. The lowest BCUT2D eigenvalue weighted by molar-refractivity contribution is 0.0945. The molecule has 0 aliphatic heterocycles. The number of benzene rings is 1. The van der Waals surface area contributed by atoms with Crippen molar-refractivity contribution in [3.63, 3.8) is 0 Å². The summed E-state index contributed by atoms with van der Waals surface area (Å²) in [5.74, 6) is 1.03. The average molecular weight is 290 g/mol. The van der Waals surface area contributed by atoms with Crippen LogP contribution in [0.3, 0.4) is 0 Å². The topological polar surface area (TPSA) is 73.6 Å². The number of ether oxygens (including phenoxy) is 2. The molecule has 0 saturated heterocycles. The Balaban J connectivity index is 1.83. The minimum absolute atomic E-state index is 0.248. The summed E-state index contributed by atoms with van der Waals surface area (Å²) in [7, 11) is 1.63. The first-order chi connectivity index (χ1) is 10.2. The number of aromatic nitrogens is 1. The molecule has 21 heavy (non-hydrogen) atoms. The zero-order valence-electron chi connectivity index (χ0n) is 12.1. The van der Waals surface area contributed by atoms with Crippen molar-refractivity contribution in [2.75, 3.05) is 20.3 Å². The Morgan fingerprint density at radius 2 is 2.05 bits per heavy atom. The number of carbonyl (C=O) groups excluding carboxylic acids is 1. The molecule has 0 aliphatic carbocycles. The molecular weight excluding hydrogens is 272 g/mol. The van der Waals surface area contributed by atoms with Crippen LogP contribution in [0.5, 0.6) is 5.75 Å². The van der Waals surface area contributed by atoms with Crippen LogP contribution in [-0.2, 0) is 11.3 Å². The van der Waals surface area contributed by atoms with E-state index in [-0.39, 0.29) is 5.91 Å². The molecule has 0 saturated carbocycles. The summed E-state index contributed by atoms with van der Waals surface area (Å²) in [6.07, 6.45) is 1.26. The Morgan fingerprint density at radius 3 is 2.67 bits per heavy atom. The van der Waals surface area contributed by atoms with Gasteiger partial charge in [-0.3, -0.25) is 4.79 Å². The zero-order valence-corrected chi connectivity index (χ0v) is 12.1. The fourth-order valence-electron chi connectivity index (χ4n) is 1.74. The molecule has 0 radical (unpaired) electrons. The molecule has 0 aliphatic rings. The first kappa shape index (κ1) is 15.1. The van der Waals surface area contributed by atoms with Crippen LogP contribution >= 0.6 is 0 Å². The monoisotopic (exact) mass is 290 g/mol. The zero-order chi connectivity index (χ0) is 15.1. The minimum Gasteiger partial charge on any atom is -0.491 e. The fraction of sp³-hybridized carbons (Fsp3) is 0.333. The van der Waals surface area contributed by atoms with Crippen molar-refractivity contribution in [1.82, 2.24) is 10.3 Å². The van der Waals surface area contributed by atoms with Gasteiger partial charge in [-0.15, -0.1) is 0 Å². The highest BCUT2D eigenvalue weighted by Gasteiger charge is 2.12. The Labute approximate surface area is 123 Å². The third-order valence-corrected chi connectivity index (χ3v) is 2.89. The quantitative estimate of drug-likeness (QED) is 0.789. The second kappa shape index (κ2) is 7.44. The van der Waals surface area contributed by atoms with Crippen molar-refractivity contribution in [2.24, 2.45) is 0 Å². The number of rotatable bonds is 7. The van der Waals surface area contributed by atoms with Gasteiger partial charge in [-0.1, -0.05) is 12.1 Å². The molecule has 6 nitrogen and oxygen atoms in total. The van der Waals surface area contributed by atoms with E-state index in [1.165, 1.54) is 6.39 Å². The lowest BCUT2D eigenvalue weighted by Gasteiger charge is -2.07. The van der Waals surface area contributed by atoms with Gasteiger partial charge in [0, 0.05) is 13.7 Å². The molecule has 2 rings (SSSR count). The molecule has 0 spiro atoms. The van der Waals surface area contributed by atoms with Crippen LogP contribution in [0.2, 0.25) is 0 Å². The summed E-state index contributed by atoms with van der Waals surface area (Å²) in [6.45, 7) is 3.18. The average Bonchev–Trinajstić information content (AvgIpc) is 2.92. The Kier molecular flexibility index (Phi) is 5.34. The molecule has 1 amide bonds. The molecular formula is C15H18N2O4. The molecule has 6 heteroatoms. The van der Waals surface area contributed by atoms with Crippen molar-refractivity contribution < 1.29 is 18.7 Å². The SMILES string of the molecule is COCCOc1ccc(CNC(=O)c2ncoc2C)cc1. The molecule has 112 valence electrons. The van der Waals surface area contributed by atoms with E-state index in [9.17, 15) is 4.79 Å². The van der Waals surface area contributed by atoms with Crippen LogP contribution in [0.25, 0.3) is 0 Å². The van der Waals surface area contributed by atoms with E-state index in [0.29, 0.717) is 31.2 Å². The van der Waals surface area contributed by atoms with Gasteiger partial charge in [-0.25, -0.2) is 4.98 Å². The van der Waals surface area contributed by atoms with Crippen LogP contribution < -0.4 is 10.1 Å². The number of hydrogen-bond acceptors (Lipinski definition) is 5. The van der Waals surface area contributed by atoms with Crippen LogP contribution in [0.4, 0.5) is 0 Å². The van der Waals surface area contributed by atoms with Crippen molar-refractivity contribution in [1.29, 1.82) is 0 Å². The molecule has 0 atom stereocenters. The van der Waals surface area contributed by atoms with Gasteiger partial charge in [0.25, 0.3) is 5.91 Å². The van der Waals surface area contributed by atoms with Crippen LogP contribution in [0, 0.1) is 6.92 Å². The van der Waals surface area contributed by atoms with Crippen LogP contribution in [-0.4, -0.2) is 31.2 Å². The van der Waals surface area contributed by atoms with E-state index in [4.69, 9.17) is 13.9 Å². The van der Waals surface area contributed by atoms with Crippen LogP contribution in [0.15, 0.2) is 35.1 Å². The molecule has 1 aromatic heterocycles. The predicted molar refractivity (Wildman–Crippen MR) is 76.2 cm³/mol. The van der Waals surface area contributed by atoms with E-state index < -0.39 is 0 Å². The summed E-state index contributed by atoms with van der Waals surface area (Å²) in [6, 6.07) is 7.52. The van der Waals surface area contributed by atoms with Gasteiger partial charge in [0.2, 0.25) is 0 Å². The van der Waals surface area contributed by atoms with Gasteiger partial charge < -0.3 is 19.2 Å². The second-order valence-corrected chi connectivity index (χ2v) is 4.43. The standard InChI is InChI=1S/C15H18N2O4/c1-11-14(17-10-21-11)15(18)16-9-12-3-5-13(6-4-12)20-8-7-19-2/h3-6,10H,7-9H2,1-2H3,(H,16,18). The van der Waals surface area contributed by atoms with Crippen molar-refractivity contribution >= 4 is 5.91 Å². The fourth-order valence-corrected chi connectivity index (χ4v) is 1.74. The molecule has 1 aromatic carbocycles. The third kappa shape index (κ3) is 4.32. The number of aryl methyl sites for hydroxylation is 1.